The van der Waals surface area contributed by atoms with Gasteiger partial charge >= 0.3 is 0 Å². The molecule has 0 aliphatic rings. The van der Waals surface area contributed by atoms with E-state index in [-0.39, 0.29) is 16.8 Å². The summed E-state index contributed by atoms with van der Waals surface area (Å²) in [6.07, 6.45) is 0. The van der Waals surface area contributed by atoms with Gasteiger partial charge in [0, 0.05) is 23.3 Å². The molecule has 0 saturated heterocycles. The molecular formula is C14H9FN2O2. The zero-order chi connectivity index (χ0) is 14.0. The molecule has 0 spiro atoms. The Morgan fingerprint density at radius 2 is 1.89 bits per heavy atom. The molecule has 94 valence electrons. The third kappa shape index (κ3) is 2.43. The largest absolute Gasteiger partial charge is 0.270 e. The topological polar surface area (TPSA) is 66.9 Å². The number of nitriles is 1. The molecule has 0 saturated carbocycles. The van der Waals surface area contributed by atoms with Crippen LogP contribution in [0.2, 0.25) is 0 Å². The van der Waals surface area contributed by atoms with Gasteiger partial charge in [-0.05, 0) is 24.6 Å². The van der Waals surface area contributed by atoms with Gasteiger partial charge in [0.2, 0.25) is 0 Å². The van der Waals surface area contributed by atoms with Crippen LogP contribution in [-0.4, -0.2) is 4.92 Å². The molecule has 2 rings (SSSR count). The lowest BCUT2D eigenvalue weighted by atomic mass is 9.98. The van der Waals surface area contributed by atoms with Crippen LogP contribution < -0.4 is 0 Å². The maximum atomic E-state index is 13.9. The lowest BCUT2D eigenvalue weighted by Gasteiger charge is -2.06. The van der Waals surface area contributed by atoms with Crippen molar-refractivity contribution in [3.05, 3.63) is 63.5 Å². The number of non-ortho nitro benzene ring substituents is 1. The molecule has 2 aromatic rings. The fourth-order valence-corrected chi connectivity index (χ4v) is 1.81. The zero-order valence-corrected chi connectivity index (χ0v) is 10.1. The summed E-state index contributed by atoms with van der Waals surface area (Å²) in [5, 5.41) is 19.7. The molecule has 0 fully saturated rings. The summed E-state index contributed by atoms with van der Waals surface area (Å²) in [6.45, 7) is 1.76. The summed E-state index contributed by atoms with van der Waals surface area (Å²) in [7, 11) is 0. The monoisotopic (exact) mass is 256 g/mol. The Bertz CT molecular complexity index is 705. The van der Waals surface area contributed by atoms with Crippen molar-refractivity contribution in [2.45, 2.75) is 6.92 Å². The van der Waals surface area contributed by atoms with E-state index in [4.69, 9.17) is 5.26 Å². The number of hydrogen-bond donors (Lipinski definition) is 0. The van der Waals surface area contributed by atoms with Gasteiger partial charge in [0.25, 0.3) is 5.69 Å². The van der Waals surface area contributed by atoms with E-state index in [2.05, 4.69) is 0 Å². The molecule has 19 heavy (non-hydrogen) atoms. The van der Waals surface area contributed by atoms with Crippen LogP contribution in [-0.2, 0) is 0 Å². The number of nitrogens with zero attached hydrogens (tertiary/aromatic N) is 2. The number of nitro groups is 1. The first kappa shape index (κ1) is 12.7. The molecule has 0 aliphatic heterocycles. The Morgan fingerprint density at radius 3 is 2.47 bits per heavy atom. The fourth-order valence-electron chi connectivity index (χ4n) is 1.81. The Kier molecular flexibility index (Phi) is 3.25. The van der Waals surface area contributed by atoms with Gasteiger partial charge < -0.3 is 0 Å². The minimum atomic E-state index is -0.587. The van der Waals surface area contributed by atoms with Gasteiger partial charge in [0.05, 0.1) is 10.5 Å². The fraction of sp³-hybridized carbons (Fsp3) is 0.0714. The standard InChI is InChI=1S/C14H9FN2O2/c1-9-2-4-13(14(15)6-9)12-5-3-11(17(18)19)7-10(12)8-16/h2-7H,1H3. The van der Waals surface area contributed by atoms with Crippen LogP contribution in [0.5, 0.6) is 0 Å². The van der Waals surface area contributed by atoms with Crippen molar-refractivity contribution in [1.29, 1.82) is 5.26 Å². The van der Waals surface area contributed by atoms with Crippen molar-refractivity contribution in [2.24, 2.45) is 0 Å². The van der Waals surface area contributed by atoms with Gasteiger partial charge in [-0.25, -0.2) is 4.39 Å². The van der Waals surface area contributed by atoms with Gasteiger partial charge in [-0.15, -0.1) is 0 Å². The lowest BCUT2D eigenvalue weighted by Crippen LogP contribution is -1.93. The Labute approximate surface area is 108 Å². The van der Waals surface area contributed by atoms with Crippen molar-refractivity contribution in [1.82, 2.24) is 0 Å². The smallest absolute Gasteiger partial charge is 0.258 e. The average molecular weight is 256 g/mol. The summed E-state index contributed by atoms with van der Waals surface area (Å²) in [5.41, 5.74) is 1.27. The van der Waals surface area contributed by atoms with Crippen LogP contribution in [0.25, 0.3) is 11.1 Å². The first-order valence-electron chi connectivity index (χ1n) is 5.48. The van der Waals surface area contributed by atoms with E-state index in [0.29, 0.717) is 5.56 Å². The lowest BCUT2D eigenvalue weighted by molar-refractivity contribution is -0.384. The number of rotatable bonds is 2. The maximum Gasteiger partial charge on any atom is 0.270 e. The van der Waals surface area contributed by atoms with Gasteiger partial charge in [-0.2, -0.15) is 5.26 Å². The highest BCUT2D eigenvalue weighted by atomic mass is 19.1. The first-order valence-corrected chi connectivity index (χ1v) is 5.48. The highest BCUT2D eigenvalue weighted by molar-refractivity contribution is 5.72. The van der Waals surface area contributed by atoms with Gasteiger partial charge in [-0.3, -0.25) is 10.1 Å². The van der Waals surface area contributed by atoms with Crippen LogP contribution in [0.3, 0.4) is 0 Å². The van der Waals surface area contributed by atoms with Crippen molar-refractivity contribution < 1.29 is 9.31 Å². The van der Waals surface area contributed by atoms with Gasteiger partial charge in [0.1, 0.15) is 11.9 Å². The summed E-state index contributed by atoms with van der Waals surface area (Å²) in [5.74, 6) is -0.453. The molecule has 0 aromatic heterocycles. The summed E-state index contributed by atoms with van der Waals surface area (Å²) in [4.78, 5) is 10.1. The van der Waals surface area contributed by atoms with Crippen LogP contribution in [0, 0.1) is 34.2 Å². The predicted octanol–water partition coefficient (Wildman–Crippen LogP) is 3.58. The highest BCUT2D eigenvalue weighted by Crippen LogP contribution is 2.29. The van der Waals surface area contributed by atoms with E-state index in [0.717, 1.165) is 11.6 Å². The quantitative estimate of drug-likeness (QED) is 0.609. The van der Waals surface area contributed by atoms with E-state index < -0.39 is 10.7 Å². The molecule has 0 bridgehead atoms. The van der Waals surface area contributed by atoms with E-state index in [1.807, 2.05) is 6.07 Å². The Morgan fingerprint density at radius 1 is 1.21 bits per heavy atom. The van der Waals surface area contributed by atoms with E-state index >= 15 is 0 Å². The van der Waals surface area contributed by atoms with Crippen LogP contribution in [0.4, 0.5) is 10.1 Å². The Balaban J connectivity index is 2.63. The van der Waals surface area contributed by atoms with Gasteiger partial charge in [-0.1, -0.05) is 12.1 Å². The molecule has 0 unspecified atom stereocenters. The third-order valence-electron chi connectivity index (χ3n) is 2.75. The maximum absolute atomic E-state index is 13.9. The van der Waals surface area contributed by atoms with Crippen LogP contribution >= 0.6 is 0 Å². The van der Waals surface area contributed by atoms with E-state index in [1.165, 1.54) is 18.2 Å². The predicted molar refractivity (Wildman–Crippen MR) is 67.9 cm³/mol. The SMILES string of the molecule is Cc1ccc(-c2ccc([N+](=O)[O-])cc2C#N)c(F)c1. The van der Waals surface area contributed by atoms with E-state index in [9.17, 15) is 14.5 Å². The molecule has 5 heteroatoms. The van der Waals surface area contributed by atoms with Gasteiger partial charge in [0.15, 0.2) is 0 Å². The number of halogens is 1. The summed E-state index contributed by atoms with van der Waals surface area (Å²) < 4.78 is 13.9. The number of nitro benzene ring substituents is 1. The summed E-state index contributed by atoms with van der Waals surface area (Å²) >= 11 is 0. The molecule has 0 heterocycles. The van der Waals surface area contributed by atoms with Crippen molar-refractivity contribution in [3.63, 3.8) is 0 Å². The molecule has 0 amide bonds. The normalized spacial score (nSPS) is 9.95. The number of benzene rings is 2. The van der Waals surface area contributed by atoms with E-state index in [1.54, 1.807) is 19.1 Å². The van der Waals surface area contributed by atoms with Crippen molar-refractivity contribution in [2.75, 3.05) is 0 Å². The summed E-state index contributed by atoms with van der Waals surface area (Å²) in [6, 6.07) is 10.3. The molecular weight excluding hydrogens is 247 g/mol. The first-order chi connectivity index (χ1) is 9.02. The second-order valence-electron chi connectivity index (χ2n) is 4.08. The molecule has 0 atom stereocenters. The molecule has 4 nitrogen and oxygen atoms in total. The van der Waals surface area contributed by atoms with Crippen molar-refractivity contribution in [3.8, 4) is 17.2 Å². The second-order valence-corrected chi connectivity index (χ2v) is 4.08. The van der Waals surface area contributed by atoms with Crippen LogP contribution in [0.1, 0.15) is 11.1 Å². The van der Waals surface area contributed by atoms with Crippen LogP contribution in [0.15, 0.2) is 36.4 Å². The average Bonchev–Trinajstić information content (AvgIpc) is 2.38. The molecule has 0 radical (unpaired) electrons. The Hall–Kier alpha value is -2.74. The molecule has 0 aliphatic carbocycles. The molecule has 0 N–H and O–H groups in total. The minimum Gasteiger partial charge on any atom is -0.258 e. The minimum absolute atomic E-state index is 0.0805. The number of hydrogen-bond acceptors (Lipinski definition) is 3. The van der Waals surface area contributed by atoms with Crippen molar-refractivity contribution >= 4 is 5.69 Å². The number of aryl methyl sites for hydroxylation is 1. The highest BCUT2D eigenvalue weighted by Gasteiger charge is 2.14. The molecule has 2 aromatic carbocycles. The zero-order valence-electron chi connectivity index (χ0n) is 10.1. The third-order valence-corrected chi connectivity index (χ3v) is 2.75. The second kappa shape index (κ2) is 4.86.